The van der Waals surface area contributed by atoms with E-state index in [2.05, 4.69) is 25.8 Å². The van der Waals surface area contributed by atoms with E-state index in [0.29, 0.717) is 0 Å². The van der Waals surface area contributed by atoms with Crippen LogP contribution in [-0.4, -0.2) is 40.7 Å². The summed E-state index contributed by atoms with van der Waals surface area (Å²) in [4.78, 5) is 6.32. The van der Waals surface area contributed by atoms with Gasteiger partial charge in [0.2, 0.25) is 0 Å². The van der Waals surface area contributed by atoms with Crippen LogP contribution in [0.3, 0.4) is 0 Å². The van der Waals surface area contributed by atoms with Crippen molar-refractivity contribution in [2.45, 2.75) is 24.8 Å². The van der Waals surface area contributed by atoms with Gasteiger partial charge in [0.15, 0.2) is 5.82 Å². The molecule has 1 aliphatic carbocycles. The van der Waals surface area contributed by atoms with Gasteiger partial charge in [-0.1, -0.05) is 6.08 Å². The van der Waals surface area contributed by atoms with Gasteiger partial charge in [0.05, 0.1) is 5.56 Å². The van der Waals surface area contributed by atoms with Crippen LogP contribution < -0.4 is 15.5 Å². The molecule has 3 heterocycles. The summed E-state index contributed by atoms with van der Waals surface area (Å²) in [5.41, 5.74) is 1.90. The topological polar surface area (TPSA) is 68.9 Å². The minimum absolute atomic E-state index is 0.117. The molecule has 2 aromatic heterocycles. The highest BCUT2D eigenvalue weighted by atomic mass is 19.3. The molecule has 144 valence electrons. The maximum atomic E-state index is 13.3. The van der Waals surface area contributed by atoms with E-state index in [1.165, 1.54) is 0 Å². The summed E-state index contributed by atoms with van der Waals surface area (Å²) in [6, 6.07) is 7.71. The van der Waals surface area contributed by atoms with Crippen LogP contribution in [0.15, 0.2) is 36.5 Å². The molecule has 0 radical (unpaired) electrons. The molecule has 6 nitrogen and oxygen atoms in total. The number of aromatic amines is 1. The predicted octanol–water partition coefficient (Wildman–Crippen LogP) is 4.37. The first-order valence-corrected chi connectivity index (χ1v) is 9.25. The monoisotopic (exact) mass is 382 g/mol. The van der Waals surface area contributed by atoms with Gasteiger partial charge in [0.25, 0.3) is 5.92 Å². The summed E-state index contributed by atoms with van der Waals surface area (Å²) in [5.74, 6) is -0.166. The molecule has 0 spiro atoms. The molecule has 0 amide bonds. The fourth-order valence-corrected chi connectivity index (χ4v) is 3.82. The van der Waals surface area contributed by atoms with E-state index in [0.717, 1.165) is 46.0 Å². The van der Waals surface area contributed by atoms with Crippen molar-refractivity contribution in [3.05, 3.63) is 42.1 Å². The van der Waals surface area contributed by atoms with E-state index in [4.69, 9.17) is 0 Å². The number of hydrogen-bond acceptors (Lipinski definition) is 5. The van der Waals surface area contributed by atoms with Crippen molar-refractivity contribution in [2.24, 2.45) is 0 Å². The first-order valence-electron chi connectivity index (χ1n) is 9.25. The highest BCUT2D eigenvalue weighted by molar-refractivity contribution is 5.95. The molecule has 0 bridgehead atoms. The Kier molecular flexibility index (Phi) is 3.75. The number of alkyl halides is 2. The molecule has 2 aliphatic rings. The summed E-state index contributed by atoms with van der Waals surface area (Å²) in [6.45, 7) is 0.767. The van der Waals surface area contributed by atoms with E-state index in [-0.39, 0.29) is 18.9 Å². The maximum absolute atomic E-state index is 13.3. The zero-order valence-corrected chi connectivity index (χ0v) is 15.3. The standard InChI is InChI=1S/C20H20F2N6/c1-28(14-10-20(21,22)11-14)19-15-5-4-13(9-12(15)6-8-24-19)25-18-16-3-2-7-23-17(16)26-27-18/h2-6,8-9,14H,7,10-11H2,1H3,(H3,23,25,26,27). The molecule has 8 heteroatoms. The second kappa shape index (κ2) is 6.19. The van der Waals surface area contributed by atoms with Crippen molar-refractivity contribution in [1.82, 2.24) is 15.2 Å². The van der Waals surface area contributed by atoms with Gasteiger partial charge in [0, 0.05) is 49.7 Å². The molecular weight excluding hydrogens is 362 g/mol. The van der Waals surface area contributed by atoms with Crippen LogP contribution in [0.25, 0.3) is 16.8 Å². The Labute approximate surface area is 160 Å². The summed E-state index contributed by atoms with van der Waals surface area (Å²) < 4.78 is 26.5. The number of rotatable bonds is 4. The second-order valence-corrected chi connectivity index (χ2v) is 7.37. The van der Waals surface area contributed by atoms with Gasteiger partial charge < -0.3 is 15.5 Å². The normalized spacial score (nSPS) is 17.7. The Morgan fingerprint density at radius 1 is 1.25 bits per heavy atom. The third-order valence-corrected chi connectivity index (χ3v) is 5.44. The van der Waals surface area contributed by atoms with Crippen molar-refractivity contribution < 1.29 is 8.78 Å². The van der Waals surface area contributed by atoms with Crippen LogP contribution in [-0.2, 0) is 0 Å². The van der Waals surface area contributed by atoms with Crippen LogP contribution in [0.5, 0.6) is 0 Å². The molecule has 0 atom stereocenters. The Balaban J connectivity index is 1.43. The van der Waals surface area contributed by atoms with Gasteiger partial charge in [-0.05, 0) is 35.7 Å². The van der Waals surface area contributed by atoms with Crippen LogP contribution in [0.1, 0.15) is 18.4 Å². The van der Waals surface area contributed by atoms with E-state index in [1.807, 2.05) is 48.4 Å². The van der Waals surface area contributed by atoms with E-state index in [1.54, 1.807) is 6.20 Å². The highest BCUT2D eigenvalue weighted by Crippen LogP contribution is 2.42. The van der Waals surface area contributed by atoms with Gasteiger partial charge in [-0.3, -0.25) is 5.10 Å². The summed E-state index contributed by atoms with van der Waals surface area (Å²) in [7, 11) is 1.84. The molecule has 0 unspecified atom stereocenters. The minimum atomic E-state index is -2.55. The minimum Gasteiger partial charge on any atom is -0.365 e. The van der Waals surface area contributed by atoms with Crippen LogP contribution >= 0.6 is 0 Å². The largest absolute Gasteiger partial charge is 0.365 e. The lowest BCUT2D eigenvalue weighted by Crippen LogP contribution is -2.49. The lowest BCUT2D eigenvalue weighted by atomic mass is 9.87. The molecule has 1 aromatic carbocycles. The predicted molar refractivity (Wildman–Crippen MR) is 108 cm³/mol. The van der Waals surface area contributed by atoms with Crippen LogP contribution in [0, 0.1) is 0 Å². The fraction of sp³-hybridized carbons (Fsp3) is 0.300. The quantitative estimate of drug-likeness (QED) is 0.625. The van der Waals surface area contributed by atoms with Crippen molar-refractivity contribution >= 4 is 40.0 Å². The lowest BCUT2D eigenvalue weighted by Gasteiger charge is -2.41. The van der Waals surface area contributed by atoms with Crippen molar-refractivity contribution in [1.29, 1.82) is 0 Å². The average Bonchev–Trinajstić information content (AvgIpc) is 3.08. The number of aromatic nitrogens is 3. The van der Waals surface area contributed by atoms with E-state index in [9.17, 15) is 8.78 Å². The molecule has 28 heavy (non-hydrogen) atoms. The number of anilines is 4. The van der Waals surface area contributed by atoms with Gasteiger partial charge in [-0.25, -0.2) is 13.8 Å². The van der Waals surface area contributed by atoms with Gasteiger partial charge in [-0.2, -0.15) is 5.10 Å². The summed E-state index contributed by atoms with van der Waals surface area (Å²) >= 11 is 0. The maximum Gasteiger partial charge on any atom is 0.252 e. The second-order valence-electron chi connectivity index (χ2n) is 7.37. The Morgan fingerprint density at radius 2 is 2.11 bits per heavy atom. The Morgan fingerprint density at radius 3 is 2.93 bits per heavy atom. The number of halogens is 2. The SMILES string of the molecule is CN(c1nccc2cc(Nc3[nH]nc4c3C=CCN4)ccc12)C1CC(F)(F)C1. The zero-order valence-electron chi connectivity index (χ0n) is 15.3. The third-order valence-electron chi connectivity index (χ3n) is 5.44. The first kappa shape index (κ1) is 17.0. The number of nitrogens with one attached hydrogen (secondary N) is 3. The number of nitrogens with zero attached hydrogens (tertiary/aromatic N) is 3. The fourth-order valence-electron chi connectivity index (χ4n) is 3.82. The number of fused-ring (bicyclic) bond motifs is 2. The smallest absolute Gasteiger partial charge is 0.252 e. The first-order chi connectivity index (χ1) is 13.5. The molecule has 3 N–H and O–H groups in total. The van der Waals surface area contributed by atoms with Crippen molar-refractivity contribution in [3.8, 4) is 0 Å². The third kappa shape index (κ3) is 2.85. The lowest BCUT2D eigenvalue weighted by molar-refractivity contribution is -0.0849. The number of benzene rings is 1. The Bertz CT molecular complexity index is 1070. The molecule has 1 aliphatic heterocycles. The molecule has 5 rings (SSSR count). The highest BCUT2D eigenvalue weighted by Gasteiger charge is 2.47. The van der Waals surface area contributed by atoms with Crippen molar-refractivity contribution in [2.75, 3.05) is 29.1 Å². The summed E-state index contributed by atoms with van der Waals surface area (Å²) in [5, 5.41) is 15.8. The molecule has 3 aromatic rings. The van der Waals surface area contributed by atoms with Crippen LogP contribution in [0.4, 0.5) is 31.9 Å². The summed E-state index contributed by atoms with van der Waals surface area (Å²) in [6.07, 6.45) is 5.56. The number of H-pyrrole nitrogens is 1. The molecule has 0 saturated heterocycles. The Hall–Kier alpha value is -3.16. The average molecular weight is 382 g/mol. The molecule has 1 saturated carbocycles. The molecular formula is C20H20F2N6. The van der Waals surface area contributed by atoms with Gasteiger partial charge >= 0.3 is 0 Å². The van der Waals surface area contributed by atoms with Crippen LogP contribution in [0.2, 0.25) is 0 Å². The van der Waals surface area contributed by atoms with E-state index < -0.39 is 5.92 Å². The number of hydrogen-bond donors (Lipinski definition) is 3. The van der Waals surface area contributed by atoms with Gasteiger partial charge in [0.1, 0.15) is 11.6 Å². The van der Waals surface area contributed by atoms with Crippen molar-refractivity contribution in [3.63, 3.8) is 0 Å². The van der Waals surface area contributed by atoms with Gasteiger partial charge in [-0.15, -0.1) is 0 Å². The zero-order chi connectivity index (χ0) is 19.3. The molecule has 1 fully saturated rings. The van der Waals surface area contributed by atoms with E-state index >= 15 is 0 Å². The number of pyridine rings is 1.